The molecular formula is C19H16N2. The molecule has 21 heavy (non-hydrogen) atoms. The van der Waals surface area contributed by atoms with Gasteiger partial charge >= 0.3 is 0 Å². The van der Waals surface area contributed by atoms with Crippen LogP contribution in [0.4, 0.5) is 5.69 Å². The number of pyridine rings is 1. The highest BCUT2D eigenvalue weighted by molar-refractivity contribution is 5.82. The van der Waals surface area contributed by atoms with E-state index in [4.69, 9.17) is 5.73 Å². The summed E-state index contributed by atoms with van der Waals surface area (Å²) in [5.74, 6) is 0. The Kier molecular flexibility index (Phi) is 2.74. The Bertz CT molecular complexity index is 807. The number of fused-ring (bicyclic) bond motifs is 3. The predicted molar refractivity (Wildman–Crippen MR) is 86.1 cm³/mol. The van der Waals surface area contributed by atoms with Gasteiger partial charge in [-0.2, -0.15) is 0 Å². The van der Waals surface area contributed by atoms with Crippen LogP contribution in [0.25, 0.3) is 11.1 Å². The van der Waals surface area contributed by atoms with Gasteiger partial charge in [-0.3, -0.25) is 4.98 Å². The van der Waals surface area contributed by atoms with Gasteiger partial charge in [-0.1, -0.05) is 42.5 Å². The van der Waals surface area contributed by atoms with E-state index in [0.29, 0.717) is 0 Å². The van der Waals surface area contributed by atoms with Gasteiger partial charge in [0.05, 0.1) is 0 Å². The highest BCUT2D eigenvalue weighted by Crippen LogP contribution is 2.40. The first kappa shape index (κ1) is 12.2. The lowest BCUT2D eigenvalue weighted by atomic mass is 9.98. The molecule has 0 atom stereocenters. The fourth-order valence-corrected chi connectivity index (χ4v) is 3.14. The van der Waals surface area contributed by atoms with Crippen LogP contribution in [0.5, 0.6) is 0 Å². The zero-order valence-corrected chi connectivity index (χ0v) is 11.7. The molecule has 0 spiro atoms. The summed E-state index contributed by atoms with van der Waals surface area (Å²) >= 11 is 0. The zero-order valence-electron chi connectivity index (χ0n) is 11.7. The van der Waals surface area contributed by atoms with E-state index in [2.05, 4.69) is 41.4 Å². The molecule has 1 aliphatic carbocycles. The van der Waals surface area contributed by atoms with Crippen LogP contribution in [-0.4, -0.2) is 4.98 Å². The number of hydrogen-bond donors (Lipinski definition) is 1. The van der Waals surface area contributed by atoms with E-state index in [1.807, 2.05) is 24.4 Å². The summed E-state index contributed by atoms with van der Waals surface area (Å²) in [6, 6.07) is 18.9. The summed E-state index contributed by atoms with van der Waals surface area (Å²) in [7, 11) is 0. The fourth-order valence-electron chi connectivity index (χ4n) is 3.14. The third-order valence-electron chi connectivity index (χ3n) is 4.22. The maximum absolute atomic E-state index is 6.43. The molecule has 0 saturated carbocycles. The zero-order chi connectivity index (χ0) is 14.2. The number of nitrogens with zero attached hydrogens (tertiary/aromatic N) is 1. The lowest BCUT2D eigenvalue weighted by Gasteiger charge is -2.10. The monoisotopic (exact) mass is 272 g/mol. The van der Waals surface area contributed by atoms with E-state index >= 15 is 0 Å². The predicted octanol–water partition coefficient (Wildman–Crippen LogP) is 3.83. The number of hydrogen-bond acceptors (Lipinski definition) is 2. The highest BCUT2D eigenvalue weighted by atomic mass is 14.7. The van der Waals surface area contributed by atoms with Crippen LogP contribution in [0.2, 0.25) is 0 Å². The molecule has 2 N–H and O–H groups in total. The second-order valence-electron chi connectivity index (χ2n) is 5.50. The van der Waals surface area contributed by atoms with Crippen molar-refractivity contribution < 1.29 is 0 Å². The van der Waals surface area contributed by atoms with Crippen molar-refractivity contribution in [1.82, 2.24) is 4.98 Å². The maximum atomic E-state index is 6.43. The molecule has 2 nitrogen and oxygen atoms in total. The third-order valence-corrected chi connectivity index (χ3v) is 4.22. The van der Waals surface area contributed by atoms with Crippen LogP contribution >= 0.6 is 0 Å². The van der Waals surface area contributed by atoms with Crippen molar-refractivity contribution in [3.05, 3.63) is 83.2 Å². The van der Waals surface area contributed by atoms with Gasteiger partial charge in [-0.25, -0.2) is 0 Å². The molecule has 2 aromatic carbocycles. The number of benzene rings is 2. The molecule has 3 aromatic rings. The topological polar surface area (TPSA) is 38.9 Å². The smallest absolute Gasteiger partial charge is 0.0448 e. The molecule has 0 bridgehead atoms. The van der Waals surface area contributed by atoms with E-state index in [1.165, 1.54) is 27.8 Å². The van der Waals surface area contributed by atoms with Gasteiger partial charge in [0.2, 0.25) is 0 Å². The van der Waals surface area contributed by atoms with E-state index < -0.39 is 0 Å². The summed E-state index contributed by atoms with van der Waals surface area (Å²) in [5, 5.41) is 0. The first-order chi connectivity index (χ1) is 10.3. The standard InChI is InChI=1S/C19H16N2/c20-19-14(11-15-6-3-4-10-21-15)8-9-17-16-7-2-1-5-13(16)12-18(17)19/h1-10H,11-12,20H2. The van der Waals surface area contributed by atoms with Crippen molar-refractivity contribution in [2.45, 2.75) is 12.8 Å². The number of anilines is 1. The van der Waals surface area contributed by atoms with Gasteiger partial charge in [0.25, 0.3) is 0 Å². The summed E-state index contributed by atoms with van der Waals surface area (Å²) in [6.45, 7) is 0. The summed E-state index contributed by atoms with van der Waals surface area (Å²) < 4.78 is 0. The van der Waals surface area contributed by atoms with Gasteiger partial charge in [-0.15, -0.1) is 0 Å². The molecule has 1 aromatic heterocycles. The molecule has 1 heterocycles. The summed E-state index contributed by atoms with van der Waals surface area (Å²) in [6.07, 6.45) is 3.55. The Hall–Kier alpha value is -2.61. The van der Waals surface area contributed by atoms with Gasteiger partial charge in [0, 0.05) is 30.4 Å². The molecule has 1 aliphatic rings. The molecule has 102 valence electrons. The third kappa shape index (κ3) is 2.00. The van der Waals surface area contributed by atoms with E-state index in [-0.39, 0.29) is 0 Å². The van der Waals surface area contributed by atoms with Crippen LogP contribution in [0.3, 0.4) is 0 Å². The average molecular weight is 272 g/mol. The Labute approximate surface area is 124 Å². The number of aromatic nitrogens is 1. The highest BCUT2D eigenvalue weighted by Gasteiger charge is 2.21. The minimum atomic E-state index is 0.788. The summed E-state index contributed by atoms with van der Waals surface area (Å²) in [5.41, 5.74) is 14.8. The second-order valence-corrected chi connectivity index (χ2v) is 5.50. The maximum Gasteiger partial charge on any atom is 0.0448 e. The lowest BCUT2D eigenvalue weighted by molar-refractivity contribution is 1.07. The van der Waals surface area contributed by atoms with E-state index in [9.17, 15) is 0 Å². The first-order valence-corrected chi connectivity index (χ1v) is 7.21. The van der Waals surface area contributed by atoms with Crippen molar-refractivity contribution in [3.63, 3.8) is 0 Å². The number of rotatable bonds is 2. The Morgan fingerprint density at radius 3 is 2.62 bits per heavy atom. The number of nitrogen functional groups attached to an aromatic ring is 1. The van der Waals surface area contributed by atoms with Crippen LogP contribution in [0.15, 0.2) is 60.8 Å². The van der Waals surface area contributed by atoms with Crippen molar-refractivity contribution in [2.75, 3.05) is 5.73 Å². The van der Waals surface area contributed by atoms with Gasteiger partial charge in [0.1, 0.15) is 0 Å². The van der Waals surface area contributed by atoms with E-state index in [1.54, 1.807) is 0 Å². The van der Waals surface area contributed by atoms with Crippen molar-refractivity contribution in [2.24, 2.45) is 0 Å². The first-order valence-electron chi connectivity index (χ1n) is 7.21. The van der Waals surface area contributed by atoms with Crippen LogP contribution in [0, 0.1) is 0 Å². The molecule has 0 fully saturated rings. The van der Waals surface area contributed by atoms with Crippen LogP contribution in [0.1, 0.15) is 22.4 Å². The Morgan fingerprint density at radius 1 is 0.905 bits per heavy atom. The van der Waals surface area contributed by atoms with Crippen molar-refractivity contribution in [1.29, 1.82) is 0 Å². The normalized spacial score (nSPS) is 12.0. The van der Waals surface area contributed by atoms with Gasteiger partial charge in [-0.05, 0) is 39.9 Å². The molecule has 0 aliphatic heterocycles. The SMILES string of the molecule is Nc1c(Cc2ccccn2)ccc2c1Cc1ccccc1-2. The quantitative estimate of drug-likeness (QED) is 0.563. The van der Waals surface area contributed by atoms with E-state index in [0.717, 1.165) is 24.2 Å². The molecule has 0 saturated heterocycles. The molecule has 0 amide bonds. The van der Waals surface area contributed by atoms with Gasteiger partial charge < -0.3 is 5.73 Å². The van der Waals surface area contributed by atoms with Crippen LogP contribution < -0.4 is 5.73 Å². The minimum Gasteiger partial charge on any atom is -0.398 e. The van der Waals surface area contributed by atoms with Crippen molar-refractivity contribution in [3.8, 4) is 11.1 Å². The molecule has 2 heteroatoms. The van der Waals surface area contributed by atoms with Crippen LogP contribution in [-0.2, 0) is 12.8 Å². The average Bonchev–Trinajstić information content (AvgIpc) is 2.91. The molecule has 4 rings (SSSR count). The fraction of sp³-hybridized carbons (Fsp3) is 0.105. The van der Waals surface area contributed by atoms with Crippen molar-refractivity contribution >= 4 is 5.69 Å². The summed E-state index contributed by atoms with van der Waals surface area (Å²) in [4.78, 5) is 4.39. The minimum absolute atomic E-state index is 0.788. The molecule has 0 radical (unpaired) electrons. The number of nitrogens with two attached hydrogens (primary N) is 1. The second kappa shape index (κ2) is 4.74. The molecule has 0 unspecified atom stereocenters. The Morgan fingerprint density at radius 2 is 1.76 bits per heavy atom. The lowest BCUT2D eigenvalue weighted by Crippen LogP contribution is -2.01. The largest absolute Gasteiger partial charge is 0.398 e. The molecular weight excluding hydrogens is 256 g/mol. The Balaban J connectivity index is 1.76. The van der Waals surface area contributed by atoms with Gasteiger partial charge in [0.15, 0.2) is 0 Å².